The fourth-order valence-electron chi connectivity index (χ4n) is 3.05. The molecule has 1 amide bonds. The first-order valence-electron chi connectivity index (χ1n) is 7.10. The highest BCUT2D eigenvalue weighted by Gasteiger charge is 2.31. The van der Waals surface area contributed by atoms with Crippen LogP contribution < -0.4 is 0 Å². The molecule has 114 valence electrons. The Kier molecular flexibility index (Phi) is 4.59. The number of rotatable bonds is 4. The monoisotopic (exact) mass is 307 g/mol. The van der Waals surface area contributed by atoms with Crippen LogP contribution in [0.2, 0.25) is 0 Å². The number of fused-ring (bicyclic) bond motifs is 3. The first kappa shape index (κ1) is 15.9. The van der Waals surface area contributed by atoms with Gasteiger partial charge in [0, 0.05) is 36.6 Å². The van der Waals surface area contributed by atoms with Crippen molar-refractivity contribution in [2.45, 2.75) is 19.5 Å². The summed E-state index contributed by atoms with van der Waals surface area (Å²) in [6.45, 7) is 2.66. The topological polar surface area (TPSA) is 28.5 Å². The molecule has 0 fully saturated rings. The molecule has 0 N–H and O–H groups in total. The molecule has 0 atom stereocenters. The second kappa shape index (κ2) is 6.08. The van der Waals surface area contributed by atoms with E-state index in [2.05, 4.69) is 41.8 Å². The molecule has 1 aromatic heterocycles. The molecule has 4 nitrogen and oxygen atoms in total. The van der Waals surface area contributed by atoms with E-state index in [9.17, 15) is 4.79 Å². The Balaban J connectivity index is 0.00000161. The van der Waals surface area contributed by atoms with Gasteiger partial charge in [0.15, 0.2) is 0 Å². The second-order valence-corrected chi connectivity index (χ2v) is 5.81. The number of hydrogen-bond acceptors (Lipinski definition) is 2. The van der Waals surface area contributed by atoms with Crippen LogP contribution in [0.25, 0.3) is 10.9 Å². The smallest absolute Gasteiger partial charge is 0.270 e. The number of para-hydroxylation sites is 1. The fourth-order valence-corrected chi connectivity index (χ4v) is 3.05. The molecule has 0 radical (unpaired) electrons. The molecule has 5 heteroatoms. The molecule has 3 rings (SSSR count). The molecule has 0 saturated carbocycles. The molecule has 1 aromatic carbocycles. The molecule has 2 heterocycles. The summed E-state index contributed by atoms with van der Waals surface area (Å²) in [5, 5.41) is 1.23. The molecule has 21 heavy (non-hydrogen) atoms. The van der Waals surface area contributed by atoms with Crippen molar-refractivity contribution < 1.29 is 4.79 Å². The number of carbonyl (C=O) groups excluding carboxylic acids is 1. The first-order valence-corrected chi connectivity index (χ1v) is 7.10. The molecule has 0 aliphatic carbocycles. The summed E-state index contributed by atoms with van der Waals surface area (Å²) in [6.07, 6.45) is 1.05. The van der Waals surface area contributed by atoms with Gasteiger partial charge in [0.2, 0.25) is 0 Å². The van der Waals surface area contributed by atoms with Gasteiger partial charge in [-0.3, -0.25) is 4.79 Å². The number of hydrogen-bond donors (Lipinski definition) is 0. The summed E-state index contributed by atoms with van der Waals surface area (Å²) in [5.74, 6) is 0.154. The lowest BCUT2D eigenvalue weighted by molar-refractivity contribution is 0.0807. The number of halogens is 1. The molecular weight excluding hydrogens is 286 g/mol. The number of benzene rings is 1. The van der Waals surface area contributed by atoms with Gasteiger partial charge in [-0.25, -0.2) is 0 Å². The predicted octanol–water partition coefficient (Wildman–Crippen LogP) is 2.60. The Morgan fingerprint density at radius 3 is 2.67 bits per heavy atom. The Hall–Kier alpha value is -1.52. The largest absolute Gasteiger partial charge is 0.336 e. The normalized spacial score (nSPS) is 13.9. The van der Waals surface area contributed by atoms with Crippen LogP contribution in [-0.2, 0) is 13.1 Å². The number of nitrogens with zero attached hydrogens (tertiary/aromatic N) is 3. The van der Waals surface area contributed by atoms with Crippen LogP contribution in [0.15, 0.2) is 24.3 Å². The van der Waals surface area contributed by atoms with E-state index >= 15 is 0 Å². The average Bonchev–Trinajstić information content (AvgIpc) is 2.87. The minimum Gasteiger partial charge on any atom is -0.336 e. The highest BCUT2D eigenvalue weighted by Crippen LogP contribution is 2.32. The molecule has 0 unspecified atom stereocenters. The minimum absolute atomic E-state index is 0. The standard InChI is InChI=1S/C16H21N3O.ClH/c1-17(2)9-6-10-19-14-8-5-4-7-12(14)13-11-18(3)16(20)15(13)19;/h4-5,7-8H,6,9-11H2,1-3H3;1H. The van der Waals surface area contributed by atoms with E-state index in [-0.39, 0.29) is 18.3 Å². The Morgan fingerprint density at radius 1 is 1.24 bits per heavy atom. The predicted molar refractivity (Wildman–Crippen MR) is 88.2 cm³/mol. The lowest BCUT2D eigenvalue weighted by atomic mass is 10.1. The Morgan fingerprint density at radius 2 is 1.95 bits per heavy atom. The number of aromatic nitrogens is 1. The van der Waals surface area contributed by atoms with Gasteiger partial charge < -0.3 is 14.4 Å². The van der Waals surface area contributed by atoms with Crippen LogP contribution in [0.1, 0.15) is 22.5 Å². The highest BCUT2D eigenvalue weighted by atomic mass is 35.5. The molecular formula is C16H22ClN3O. The van der Waals surface area contributed by atoms with Gasteiger partial charge >= 0.3 is 0 Å². The quantitative estimate of drug-likeness (QED) is 0.868. The summed E-state index contributed by atoms with van der Waals surface area (Å²) < 4.78 is 2.21. The summed E-state index contributed by atoms with van der Waals surface area (Å²) in [7, 11) is 6.04. The number of amides is 1. The van der Waals surface area contributed by atoms with E-state index < -0.39 is 0 Å². The van der Waals surface area contributed by atoms with E-state index in [1.54, 1.807) is 4.90 Å². The van der Waals surface area contributed by atoms with E-state index in [4.69, 9.17) is 0 Å². The summed E-state index contributed by atoms with van der Waals surface area (Å²) >= 11 is 0. The zero-order chi connectivity index (χ0) is 14.3. The zero-order valence-electron chi connectivity index (χ0n) is 12.8. The van der Waals surface area contributed by atoms with Crippen LogP contribution in [-0.4, -0.2) is 48.0 Å². The van der Waals surface area contributed by atoms with Crippen molar-refractivity contribution in [1.29, 1.82) is 0 Å². The molecule has 0 bridgehead atoms. The Bertz CT molecular complexity index is 663. The van der Waals surface area contributed by atoms with Crippen molar-refractivity contribution in [2.24, 2.45) is 0 Å². The molecule has 1 aliphatic rings. The Labute approximate surface area is 131 Å². The minimum atomic E-state index is 0. The van der Waals surface area contributed by atoms with E-state index in [1.807, 2.05) is 13.1 Å². The fraction of sp³-hybridized carbons (Fsp3) is 0.438. The van der Waals surface area contributed by atoms with Gasteiger partial charge in [-0.15, -0.1) is 12.4 Å². The highest BCUT2D eigenvalue weighted by molar-refractivity contribution is 6.04. The van der Waals surface area contributed by atoms with E-state index in [0.29, 0.717) is 0 Å². The molecule has 1 aliphatic heterocycles. The second-order valence-electron chi connectivity index (χ2n) is 5.81. The van der Waals surface area contributed by atoms with Crippen LogP contribution in [0.3, 0.4) is 0 Å². The molecule has 0 saturated heterocycles. The summed E-state index contributed by atoms with van der Waals surface area (Å²) in [5.41, 5.74) is 3.28. The summed E-state index contributed by atoms with van der Waals surface area (Å²) in [6, 6.07) is 8.35. The van der Waals surface area contributed by atoms with Gasteiger partial charge in [0.05, 0.1) is 0 Å². The number of aryl methyl sites for hydroxylation is 1. The van der Waals surface area contributed by atoms with Crippen LogP contribution >= 0.6 is 12.4 Å². The summed E-state index contributed by atoms with van der Waals surface area (Å²) in [4.78, 5) is 16.4. The van der Waals surface area contributed by atoms with Gasteiger partial charge in [-0.2, -0.15) is 0 Å². The van der Waals surface area contributed by atoms with Crippen molar-refractivity contribution in [1.82, 2.24) is 14.4 Å². The van der Waals surface area contributed by atoms with Crippen molar-refractivity contribution in [3.63, 3.8) is 0 Å². The van der Waals surface area contributed by atoms with Gasteiger partial charge in [0.25, 0.3) is 5.91 Å². The van der Waals surface area contributed by atoms with Gasteiger partial charge in [-0.05, 0) is 33.1 Å². The maximum Gasteiger partial charge on any atom is 0.270 e. The van der Waals surface area contributed by atoms with Crippen LogP contribution in [0.4, 0.5) is 0 Å². The van der Waals surface area contributed by atoms with Crippen molar-refractivity contribution in [3.8, 4) is 0 Å². The van der Waals surface area contributed by atoms with Crippen LogP contribution in [0.5, 0.6) is 0 Å². The maximum atomic E-state index is 12.4. The third-order valence-corrected chi connectivity index (χ3v) is 4.01. The third-order valence-electron chi connectivity index (χ3n) is 4.01. The number of carbonyl (C=O) groups is 1. The average molecular weight is 308 g/mol. The van der Waals surface area contributed by atoms with E-state index in [0.717, 1.165) is 31.7 Å². The van der Waals surface area contributed by atoms with Crippen LogP contribution in [0, 0.1) is 0 Å². The van der Waals surface area contributed by atoms with Gasteiger partial charge in [0.1, 0.15) is 5.69 Å². The zero-order valence-corrected chi connectivity index (χ0v) is 13.6. The lowest BCUT2D eigenvalue weighted by Crippen LogP contribution is -2.22. The van der Waals surface area contributed by atoms with Crippen molar-refractivity contribution >= 4 is 29.2 Å². The first-order chi connectivity index (χ1) is 9.59. The van der Waals surface area contributed by atoms with Crippen molar-refractivity contribution in [2.75, 3.05) is 27.7 Å². The third kappa shape index (κ3) is 2.65. The molecule has 2 aromatic rings. The van der Waals surface area contributed by atoms with Gasteiger partial charge in [-0.1, -0.05) is 18.2 Å². The SMILES string of the molecule is CN(C)CCCn1c2c(c3ccccc31)CN(C)C2=O.Cl. The van der Waals surface area contributed by atoms with E-state index in [1.165, 1.54) is 16.5 Å². The van der Waals surface area contributed by atoms with Crippen molar-refractivity contribution in [3.05, 3.63) is 35.5 Å². The lowest BCUT2D eigenvalue weighted by Gasteiger charge is -2.14. The molecule has 0 spiro atoms. The maximum absolute atomic E-state index is 12.4.